The van der Waals surface area contributed by atoms with Crippen LogP contribution in [0.15, 0.2) is 17.6 Å². The van der Waals surface area contributed by atoms with E-state index in [0.29, 0.717) is 13.0 Å². The van der Waals surface area contributed by atoms with E-state index in [0.717, 1.165) is 44.7 Å². The minimum atomic E-state index is -0.382. The summed E-state index contributed by atoms with van der Waals surface area (Å²) < 4.78 is 5.28. The Hall–Kier alpha value is -0.790. The third-order valence-corrected chi connectivity index (χ3v) is 2.74. The van der Waals surface area contributed by atoms with E-state index in [2.05, 4.69) is 22.2 Å². The summed E-state index contributed by atoms with van der Waals surface area (Å²) in [5.41, 5.74) is -0.382. The average molecular weight is 439 g/mol. The van der Waals surface area contributed by atoms with Gasteiger partial charge in [0, 0.05) is 26.1 Å². The van der Waals surface area contributed by atoms with Gasteiger partial charge >= 0.3 is 5.97 Å². The molecule has 2 N–H and O–H groups in total. The molecule has 23 heavy (non-hydrogen) atoms. The summed E-state index contributed by atoms with van der Waals surface area (Å²) in [6.07, 6.45) is 6.33. The van der Waals surface area contributed by atoms with Crippen LogP contribution in [0.5, 0.6) is 0 Å². The number of hydrogen-bond acceptors (Lipinski definition) is 3. The molecule has 0 radical (unpaired) electrons. The Morgan fingerprint density at radius 2 is 1.83 bits per heavy atom. The fourth-order valence-corrected chi connectivity index (χ4v) is 1.83. The van der Waals surface area contributed by atoms with Gasteiger partial charge in [-0.25, -0.2) is 0 Å². The first kappa shape index (κ1) is 24.5. The van der Waals surface area contributed by atoms with Crippen molar-refractivity contribution in [3.05, 3.63) is 12.7 Å². The normalized spacial score (nSPS) is 11.4. The van der Waals surface area contributed by atoms with Crippen LogP contribution in [0.3, 0.4) is 0 Å². The molecule has 0 saturated carbocycles. The highest BCUT2D eigenvalue weighted by atomic mass is 127. The smallest absolute Gasteiger partial charge is 0.306 e. The maximum absolute atomic E-state index is 11.5. The van der Waals surface area contributed by atoms with Crippen molar-refractivity contribution >= 4 is 35.9 Å². The number of carbonyl (C=O) groups excluding carboxylic acids is 1. The number of aliphatic imine (C=N–C) groups is 1. The number of esters is 1. The highest BCUT2D eigenvalue weighted by molar-refractivity contribution is 14.0. The van der Waals surface area contributed by atoms with Gasteiger partial charge in [0.05, 0.1) is 0 Å². The van der Waals surface area contributed by atoms with E-state index in [1.807, 2.05) is 33.8 Å². The standard InChI is InChI=1S/C17H33N3O2.HI/c1-6-13-19-16(18-7-2)20-14-11-9-8-10-12-15(21)22-17(3,4)5;/h6H,1,7-14H2,2-5H3,(H2,18,19,20);1H. The van der Waals surface area contributed by atoms with Gasteiger partial charge in [0.1, 0.15) is 5.60 Å². The van der Waals surface area contributed by atoms with Crippen molar-refractivity contribution in [2.45, 2.75) is 65.4 Å². The van der Waals surface area contributed by atoms with Crippen LogP contribution >= 0.6 is 24.0 Å². The van der Waals surface area contributed by atoms with Gasteiger partial charge in [-0.1, -0.05) is 18.9 Å². The van der Waals surface area contributed by atoms with Gasteiger partial charge in [0.2, 0.25) is 0 Å². The summed E-state index contributed by atoms with van der Waals surface area (Å²) in [4.78, 5) is 16.0. The van der Waals surface area contributed by atoms with Crippen LogP contribution in [-0.2, 0) is 9.53 Å². The molecular formula is C17H34IN3O2. The summed E-state index contributed by atoms with van der Waals surface area (Å²) in [7, 11) is 0. The van der Waals surface area contributed by atoms with E-state index in [1.165, 1.54) is 0 Å². The second-order valence-electron chi connectivity index (χ2n) is 6.18. The Balaban J connectivity index is 0. The molecule has 0 bridgehead atoms. The number of rotatable bonds is 10. The summed E-state index contributed by atoms with van der Waals surface area (Å²) >= 11 is 0. The van der Waals surface area contributed by atoms with Gasteiger partial charge in [-0.2, -0.15) is 0 Å². The quantitative estimate of drug-likeness (QED) is 0.136. The number of carbonyl (C=O) groups is 1. The summed E-state index contributed by atoms with van der Waals surface area (Å²) in [6.45, 7) is 13.7. The maximum atomic E-state index is 11.5. The first-order valence-electron chi connectivity index (χ1n) is 8.24. The number of nitrogens with zero attached hydrogens (tertiary/aromatic N) is 1. The van der Waals surface area contributed by atoms with Crippen molar-refractivity contribution in [3.63, 3.8) is 0 Å². The lowest BCUT2D eigenvalue weighted by atomic mass is 10.1. The van der Waals surface area contributed by atoms with Gasteiger partial charge in [-0.15, -0.1) is 30.6 Å². The predicted octanol–water partition coefficient (Wildman–Crippen LogP) is 3.64. The lowest BCUT2D eigenvalue weighted by molar-refractivity contribution is -0.154. The molecule has 0 rings (SSSR count). The van der Waals surface area contributed by atoms with E-state index in [-0.39, 0.29) is 35.5 Å². The van der Waals surface area contributed by atoms with Crippen molar-refractivity contribution in [2.24, 2.45) is 4.99 Å². The van der Waals surface area contributed by atoms with Crippen LogP contribution in [0.4, 0.5) is 0 Å². The largest absolute Gasteiger partial charge is 0.460 e. The van der Waals surface area contributed by atoms with Crippen molar-refractivity contribution in [1.82, 2.24) is 10.6 Å². The van der Waals surface area contributed by atoms with Gasteiger partial charge in [0.25, 0.3) is 0 Å². The molecule has 0 spiro atoms. The molecule has 0 aromatic rings. The molecule has 0 aromatic heterocycles. The molecule has 0 fully saturated rings. The van der Waals surface area contributed by atoms with Crippen LogP contribution in [0.1, 0.15) is 59.8 Å². The zero-order chi connectivity index (χ0) is 16.8. The summed E-state index contributed by atoms with van der Waals surface area (Å²) in [5.74, 6) is 0.727. The maximum Gasteiger partial charge on any atom is 0.306 e. The molecule has 0 heterocycles. The van der Waals surface area contributed by atoms with Crippen molar-refractivity contribution in [2.75, 3.05) is 19.6 Å². The van der Waals surface area contributed by atoms with Crippen LogP contribution < -0.4 is 10.6 Å². The number of ether oxygens (including phenoxy) is 1. The third-order valence-electron chi connectivity index (χ3n) is 2.74. The lowest BCUT2D eigenvalue weighted by Gasteiger charge is -2.19. The molecular weight excluding hydrogens is 405 g/mol. The Morgan fingerprint density at radius 1 is 1.17 bits per heavy atom. The number of nitrogens with one attached hydrogen (secondary N) is 2. The van der Waals surface area contributed by atoms with Gasteiger partial charge < -0.3 is 15.4 Å². The number of hydrogen-bond donors (Lipinski definition) is 2. The van der Waals surface area contributed by atoms with Crippen molar-refractivity contribution < 1.29 is 9.53 Å². The molecule has 0 atom stereocenters. The Morgan fingerprint density at radius 3 is 2.39 bits per heavy atom. The van der Waals surface area contributed by atoms with E-state index in [4.69, 9.17) is 4.74 Å². The zero-order valence-electron chi connectivity index (χ0n) is 15.1. The van der Waals surface area contributed by atoms with E-state index < -0.39 is 0 Å². The Kier molecular flexibility index (Phi) is 15.7. The second-order valence-corrected chi connectivity index (χ2v) is 6.18. The summed E-state index contributed by atoms with van der Waals surface area (Å²) in [5, 5.41) is 6.35. The average Bonchev–Trinajstić information content (AvgIpc) is 2.41. The highest BCUT2D eigenvalue weighted by Crippen LogP contribution is 2.11. The highest BCUT2D eigenvalue weighted by Gasteiger charge is 2.15. The molecule has 5 nitrogen and oxygen atoms in total. The summed E-state index contributed by atoms with van der Waals surface area (Å²) in [6, 6.07) is 0. The second kappa shape index (κ2) is 14.8. The fraction of sp³-hybridized carbons (Fsp3) is 0.765. The minimum absolute atomic E-state index is 0. The topological polar surface area (TPSA) is 62.7 Å². The number of guanidine groups is 1. The first-order valence-corrected chi connectivity index (χ1v) is 8.24. The molecule has 0 unspecified atom stereocenters. The first-order chi connectivity index (χ1) is 10.4. The SMILES string of the molecule is C=CCNC(=NCCCCCCC(=O)OC(C)(C)C)NCC.I. The van der Waals surface area contributed by atoms with Gasteiger partial charge in [0.15, 0.2) is 5.96 Å². The third kappa shape index (κ3) is 17.4. The molecule has 136 valence electrons. The monoisotopic (exact) mass is 439 g/mol. The van der Waals surface area contributed by atoms with Gasteiger partial charge in [-0.3, -0.25) is 9.79 Å². The molecule has 0 aliphatic carbocycles. The van der Waals surface area contributed by atoms with Gasteiger partial charge in [-0.05, 0) is 40.5 Å². The molecule has 0 saturated heterocycles. The van der Waals surface area contributed by atoms with Crippen molar-refractivity contribution in [3.8, 4) is 0 Å². The van der Waals surface area contributed by atoms with Crippen LogP contribution in [0, 0.1) is 0 Å². The van der Waals surface area contributed by atoms with Crippen LogP contribution in [-0.4, -0.2) is 37.2 Å². The van der Waals surface area contributed by atoms with E-state index >= 15 is 0 Å². The van der Waals surface area contributed by atoms with Crippen molar-refractivity contribution in [1.29, 1.82) is 0 Å². The molecule has 0 aromatic carbocycles. The van der Waals surface area contributed by atoms with E-state index in [9.17, 15) is 4.79 Å². The molecule has 0 aliphatic rings. The predicted molar refractivity (Wildman–Crippen MR) is 109 cm³/mol. The fourth-order valence-electron chi connectivity index (χ4n) is 1.83. The lowest BCUT2D eigenvalue weighted by Crippen LogP contribution is -2.37. The molecule has 0 aliphatic heterocycles. The minimum Gasteiger partial charge on any atom is -0.460 e. The molecule has 0 amide bonds. The molecule has 6 heteroatoms. The number of halogens is 1. The number of unbranched alkanes of at least 4 members (excludes halogenated alkanes) is 3. The Labute approximate surface area is 158 Å². The van der Waals surface area contributed by atoms with Crippen LogP contribution in [0.25, 0.3) is 0 Å². The van der Waals surface area contributed by atoms with E-state index in [1.54, 1.807) is 0 Å². The zero-order valence-corrected chi connectivity index (χ0v) is 17.4. The van der Waals surface area contributed by atoms with Crippen LogP contribution in [0.2, 0.25) is 0 Å². The Bertz CT molecular complexity index is 352.